The summed E-state index contributed by atoms with van der Waals surface area (Å²) < 4.78 is 32.5. The van der Waals surface area contributed by atoms with Crippen molar-refractivity contribution in [3.05, 3.63) is 0 Å². The van der Waals surface area contributed by atoms with Crippen LogP contribution in [-0.4, -0.2) is 96.6 Å². The van der Waals surface area contributed by atoms with Gasteiger partial charge in [0, 0.05) is 32.7 Å². The van der Waals surface area contributed by atoms with Crippen LogP contribution in [0.1, 0.15) is 58.8 Å². The molecule has 0 spiro atoms. The summed E-state index contributed by atoms with van der Waals surface area (Å²) in [4.78, 5) is 23.2. The lowest BCUT2D eigenvalue weighted by Crippen LogP contribution is -2.30. The normalized spacial score (nSPS) is 18.9. The molecular weight excluding hydrogens is 503 g/mol. The number of nitrogens with two attached hydrogens (primary N) is 1. The van der Waals surface area contributed by atoms with Gasteiger partial charge >= 0.3 is 6.03 Å². The molecule has 218 valence electrons. The van der Waals surface area contributed by atoms with Gasteiger partial charge in [0.1, 0.15) is 0 Å². The van der Waals surface area contributed by atoms with Crippen molar-refractivity contribution in [1.29, 1.82) is 0 Å². The number of ether oxygens (including phenoxy) is 4. The molecule has 1 rings (SSSR count). The van der Waals surface area contributed by atoms with Crippen LogP contribution in [0.3, 0.4) is 0 Å². The second-order valence-electron chi connectivity index (χ2n) is 8.83. The quantitative estimate of drug-likeness (QED) is 0.0987. The van der Waals surface area contributed by atoms with Crippen LogP contribution in [0.15, 0.2) is 0 Å². The summed E-state index contributed by atoms with van der Waals surface area (Å²) in [6.07, 6.45) is 5.80. The van der Waals surface area contributed by atoms with Crippen molar-refractivity contribution in [1.82, 2.24) is 16.0 Å². The first-order chi connectivity index (χ1) is 18.0. The van der Waals surface area contributed by atoms with Crippen LogP contribution < -0.4 is 21.5 Å². The van der Waals surface area contributed by atoms with Gasteiger partial charge in [-0.25, -0.2) is 4.79 Å². The topological polar surface area (TPSA) is 152 Å². The van der Waals surface area contributed by atoms with E-state index in [4.69, 9.17) is 33.5 Å². The van der Waals surface area contributed by atoms with Crippen LogP contribution in [0, 0.1) is 0 Å². The molecule has 1 aliphatic heterocycles. The summed E-state index contributed by atoms with van der Waals surface area (Å²) in [5.74, 6) is 0.0764. The molecule has 0 aliphatic carbocycles. The maximum Gasteiger partial charge on any atom is 0.315 e. The van der Waals surface area contributed by atoms with Gasteiger partial charge in [-0.1, -0.05) is 19.8 Å². The van der Waals surface area contributed by atoms with Crippen LogP contribution >= 0.6 is 8.53 Å². The minimum absolute atomic E-state index is 0.0763. The smallest absolute Gasteiger partial charge is 0.315 e. The average molecular weight is 553 g/mol. The molecular formula is C24H49N4O8P. The third-order valence-electron chi connectivity index (χ3n) is 5.79. The number of rotatable bonds is 25. The van der Waals surface area contributed by atoms with E-state index in [0.717, 1.165) is 38.5 Å². The lowest BCUT2D eigenvalue weighted by atomic mass is 10.0. The fraction of sp³-hybridized carbons (Fsp3) is 0.917. The van der Waals surface area contributed by atoms with Gasteiger partial charge in [-0.2, -0.15) is 0 Å². The summed E-state index contributed by atoms with van der Waals surface area (Å²) in [7, 11) is 0.183. The monoisotopic (exact) mass is 552 g/mol. The van der Waals surface area contributed by atoms with Crippen molar-refractivity contribution in [2.24, 2.45) is 5.50 Å². The van der Waals surface area contributed by atoms with E-state index in [1.165, 1.54) is 7.11 Å². The molecule has 0 radical (unpaired) electrons. The highest BCUT2D eigenvalue weighted by molar-refractivity contribution is 7.44. The summed E-state index contributed by atoms with van der Waals surface area (Å²) in [6.45, 7) is 8.63. The average Bonchev–Trinajstić information content (AvgIpc) is 3.21. The molecule has 0 aromatic heterocycles. The molecule has 37 heavy (non-hydrogen) atoms. The van der Waals surface area contributed by atoms with Crippen molar-refractivity contribution in [3.63, 3.8) is 0 Å². The molecule has 12 nitrogen and oxygen atoms in total. The van der Waals surface area contributed by atoms with Gasteiger partial charge in [0.2, 0.25) is 5.91 Å². The van der Waals surface area contributed by atoms with Gasteiger partial charge in [0.25, 0.3) is 8.53 Å². The van der Waals surface area contributed by atoms with Crippen molar-refractivity contribution >= 4 is 20.5 Å². The second kappa shape index (κ2) is 22.8. The van der Waals surface area contributed by atoms with E-state index in [-0.39, 0.29) is 30.1 Å². The second-order valence-corrected chi connectivity index (χ2v) is 9.98. The Kier molecular flexibility index (Phi) is 20.9. The number of urea groups is 1. The molecule has 4 atom stereocenters. The Morgan fingerprint density at radius 3 is 2.22 bits per heavy atom. The lowest BCUT2D eigenvalue weighted by molar-refractivity contribution is -0.121. The van der Waals surface area contributed by atoms with Crippen molar-refractivity contribution < 1.29 is 37.6 Å². The third-order valence-corrected chi connectivity index (χ3v) is 6.66. The van der Waals surface area contributed by atoms with E-state index in [1.807, 2.05) is 13.8 Å². The maximum atomic E-state index is 11.9. The maximum absolute atomic E-state index is 11.9. The number of carbonyl (C=O) groups is 2. The summed E-state index contributed by atoms with van der Waals surface area (Å²) in [6, 6.07) is 0.274. The van der Waals surface area contributed by atoms with E-state index in [0.29, 0.717) is 65.8 Å². The predicted octanol–water partition coefficient (Wildman–Crippen LogP) is 2.21. The summed E-state index contributed by atoms with van der Waals surface area (Å²) >= 11 is 0. The third kappa shape index (κ3) is 18.7. The fourth-order valence-corrected chi connectivity index (χ4v) is 4.16. The lowest BCUT2D eigenvalue weighted by Gasteiger charge is -2.18. The number of nitrogens with one attached hydrogen (secondary N) is 3. The van der Waals surface area contributed by atoms with Gasteiger partial charge in [-0.15, -0.1) is 0 Å². The highest BCUT2D eigenvalue weighted by Crippen LogP contribution is 2.29. The predicted molar refractivity (Wildman–Crippen MR) is 142 cm³/mol. The molecule has 13 heteroatoms. The van der Waals surface area contributed by atoms with E-state index >= 15 is 0 Å². The number of hydrogen-bond donors (Lipinski definition) is 4. The zero-order chi connectivity index (χ0) is 27.1. The van der Waals surface area contributed by atoms with E-state index in [9.17, 15) is 9.59 Å². The summed E-state index contributed by atoms with van der Waals surface area (Å²) in [5.41, 5.74) is 5.65. The standard InChI is InChI=1S/C24H49N4O8P/c1-4-21(36-37(25)31-3)19-35-18-17-34-16-15-33-14-13-32-12-8-11-26-23(29)10-7-5-6-9-22-20(2)27-24(30)28-22/h20-22H,4-19,25H2,1-3H3,(H,26,29)(H2,27,28,30). The van der Waals surface area contributed by atoms with Gasteiger partial charge < -0.3 is 43.9 Å². The molecule has 1 aliphatic rings. The van der Waals surface area contributed by atoms with Crippen LogP contribution in [-0.2, 0) is 32.8 Å². The Morgan fingerprint density at radius 2 is 1.62 bits per heavy atom. The molecule has 4 unspecified atom stereocenters. The van der Waals surface area contributed by atoms with Crippen molar-refractivity contribution in [2.75, 3.05) is 66.5 Å². The largest absolute Gasteiger partial charge is 0.379 e. The molecule has 1 heterocycles. The zero-order valence-electron chi connectivity index (χ0n) is 22.8. The first-order valence-corrected chi connectivity index (χ1v) is 14.6. The molecule has 0 aromatic rings. The molecule has 3 amide bonds. The molecule has 1 fully saturated rings. The molecule has 0 aromatic carbocycles. The highest BCUT2D eigenvalue weighted by atomic mass is 31.2. The van der Waals surface area contributed by atoms with E-state index < -0.39 is 8.53 Å². The van der Waals surface area contributed by atoms with Crippen molar-refractivity contribution in [2.45, 2.75) is 77.0 Å². The first kappa shape index (κ1) is 33.9. The Hall–Kier alpha value is -1.11. The Labute approximate surface area is 223 Å². The zero-order valence-corrected chi connectivity index (χ0v) is 23.7. The Balaban J connectivity index is 1.77. The van der Waals surface area contributed by atoms with Crippen LogP contribution in [0.5, 0.6) is 0 Å². The Morgan fingerprint density at radius 1 is 0.973 bits per heavy atom. The van der Waals surface area contributed by atoms with Crippen LogP contribution in [0.25, 0.3) is 0 Å². The summed E-state index contributed by atoms with van der Waals surface area (Å²) in [5, 5.41) is 8.69. The van der Waals surface area contributed by atoms with Gasteiger partial charge in [-0.3, -0.25) is 10.3 Å². The van der Waals surface area contributed by atoms with Gasteiger partial charge in [0.15, 0.2) is 0 Å². The van der Waals surface area contributed by atoms with Gasteiger partial charge in [-0.05, 0) is 32.6 Å². The van der Waals surface area contributed by atoms with Crippen LogP contribution in [0.4, 0.5) is 4.79 Å². The van der Waals surface area contributed by atoms with E-state index in [2.05, 4.69) is 16.0 Å². The number of unbranched alkanes of at least 4 members (excludes halogenated alkanes) is 2. The SMILES string of the molecule is CCC(COCCOCCOCCOCCCNC(=O)CCCCCC1NC(=O)NC1C)OP(N)OC. The van der Waals surface area contributed by atoms with E-state index in [1.54, 1.807) is 0 Å². The molecule has 1 saturated heterocycles. The van der Waals surface area contributed by atoms with Gasteiger partial charge in [0.05, 0.1) is 58.4 Å². The molecule has 0 saturated carbocycles. The number of carbonyl (C=O) groups excluding carboxylic acids is 2. The Bertz CT molecular complexity index is 593. The molecule has 5 N–H and O–H groups in total. The first-order valence-electron chi connectivity index (χ1n) is 13.4. The number of amides is 3. The van der Waals surface area contributed by atoms with Crippen LogP contribution in [0.2, 0.25) is 0 Å². The number of hydrogen-bond acceptors (Lipinski definition) is 9. The minimum Gasteiger partial charge on any atom is -0.379 e. The minimum atomic E-state index is -1.34. The fourth-order valence-electron chi connectivity index (χ4n) is 3.57. The highest BCUT2D eigenvalue weighted by Gasteiger charge is 2.26. The van der Waals surface area contributed by atoms with Crippen molar-refractivity contribution in [3.8, 4) is 0 Å². The molecule has 0 bridgehead atoms.